The Labute approximate surface area is 111 Å². The van der Waals surface area contributed by atoms with Crippen LogP contribution in [0.4, 0.5) is 8.78 Å². The fraction of sp³-hybridized carbons (Fsp3) is 0.267. The normalized spacial score (nSPS) is 10.8. The van der Waals surface area contributed by atoms with Crippen LogP contribution in [0.25, 0.3) is 0 Å². The predicted octanol–water partition coefficient (Wildman–Crippen LogP) is 4.35. The summed E-state index contributed by atoms with van der Waals surface area (Å²) in [5.74, 6) is -0.635. The first kappa shape index (κ1) is 13.5. The second-order valence-electron chi connectivity index (χ2n) is 4.79. The Morgan fingerprint density at radius 1 is 1.16 bits per heavy atom. The van der Waals surface area contributed by atoms with Crippen LogP contribution < -0.4 is 4.74 Å². The van der Waals surface area contributed by atoms with E-state index < -0.39 is 11.8 Å². The van der Waals surface area contributed by atoms with Gasteiger partial charge in [0.1, 0.15) is 11.6 Å². The monoisotopic (exact) mass is 263 g/mol. The number of pyridine rings is 1. The van der Waals surface area contributed by atoms with Gasteiger partial charge in [0.15, 0.2) is 0 Å². The zero-order chi connectivity index (χ0) is 13.8. The molecule has 0 spiro atoms. The van der Waals surface area contributed by atoms with E-state index in [0.717, 1.165) is 18.1 Å². The lowest BCUT2D eigenvalue weighted by Gasteiger charge is -2.08. The third-order valence-electron chi connectivity index (χ3n) is 2.50. The van der Waals surface area contributed by atoms with Gasteiger partial charge >= 0.3 is 0 Å². The highest BCUT2D eigenvalue weighted by molar-refractivity contribution is 5.31. The van der Waals surface area contributed by atoms with Crippen LogP contribution in [0.3, 0.4) is 0 Å². The minimum absolute atomic E-state index is 0.0841. The van der Waals surface area contributed by atoms with Gasteiger partial charge < -0.3 is 4.74 Å². The fourth-order valence-corrected chi connectivity index (χ4v) is 1.82. The number of hydrogen-bond donors (Lipinski definition) is 0. The van der Waals surface area contributed by atoms with Crippen LogP contribution in [-0.4, -0.2) is 4.98 Å². The summed E-state index contributed by atoms with van der Waals surface area (Å²) in [6.07, 6.45) is 0.919. The van der Waals surface area contributed by atoms with E-state index >= 15 is 0 Å². The first-order chi connectivity index (χ1) is 9.02. The second kappa shape index (κ2) is 5.78. The van der Waals surface area contributed by atoms with Crippen molar-refractivity contribution in [2.24, 2.45) is 5.92 Å². The van der Waals surface area contributed by atoms with E-state index in [0.29, 0.717) is 17.7 Å². The number of benzene rings is 1. The van der Waals surface area contributed by atoms with Gasteiger partial charge in [0, 0.05) is 12.1 Å². The molecule has 1 aromatic carbocycles. The second-order valence-corrected chi connectivity index (χ2v) is 4.79. The molecule has 4 heteroatoms. The van der Waals surface area contributed by atoms with E-state index in [4.69, 9.17) is 4.74 Å². The van der Waals surface area contributed by atoms with Crippen molar-refractivity contribution in [1.82, 2.24) is 4.98 Å². The minimum Gasteiger partial charge on any atom is -0.439 e. The van der Waals surface area contributed by atoms with Gasteiger partial charge in [-0.2, -0.15) is 9.37 Å². The van der Waals surface area contributed by atoms with Gasteiger partial charge in [-0.25, -0.2) is 4.39 Å². The lowest BCUT2D eigenvalue weighted by atomic mass is 10.0. The number of halogens is 2. The highest BCUT2D eigenvalue weighted by atomic mass is 19.1. The van der Waals surface area contributed by atoms with Gasteiger partial charge in [0.05, 0.1) is 0 Å². The van der Waals surface area contributed by atoms with Crippen molar-refractivity contribution in [1.29, 1.82) is 0 Å². The largest absolute Gasteiger partial charge is 0.439 e. The van der Waals surface area contributed by atoms with Crippen LogP contribution in [0.2, 0.25) is 0 Å². The summed E-state index contributed by atoms with van der Waals surface area (Å²) in [5.41, 5.74) is 1.12. The SMILES string of the molecule is CC(C)Cc1cccc(Oc2cc(F)cc(F)n2)c1. The summed E-state index contributed by atoms with van der Waals surface area (Å²) in [6, 6.07) is 9.19. The maximum Gasteiger partial charge on any atom is 0.224 e. The Hall–Kier alpha value is -1.97. The molecule has 0 atom stereocenters. The Morgan fingerprint density at radius 2 is 1.95 bits per heavy atom. The van der Waals surface area contributed by atoms with Crippen LogP contribution in [0.15, 0.2) is 36.4 Å². The summed E-state index contributed by atoms with van der Waals surface area (Å²) < 4.78 is 31.3. The zero-order valence-electron chi connectivity index (χ0n) is 10.9. The average Bonchev–Trinajstić information content (AvgIpc) is 2.26. The minimum atomic E-state index is -0.895. The maximum absolute atomic E-state index is 13.0. The standard InChI is InChI=1S/C15H15F2NO/c1-10(2)6-11-4-3-5-13(7-11)19-15-9-12(16)8-14(17)18-15/h3-5,7-10H,6H2,1-2H3. The molecular formula is C15H15F2NO. The van der Waals surface area contributed by atoms with Gasteiger partial charge in [0.25, 0.3) is 0 Å². The van der Waals surface area contributed by atoms with Crippen molar-refractivity contribution in [3.05, 3.63) is 53.7 Å². The highest BCUT2D eigenvalue weighted by Gasteiger charge is 2.05. The Kier molecular flexibility index (Phi) is 4.10. The molecule has 0 aliphatic rings. The molecule has 0 N–H and O–H groups in total. The summed E-state index contributed by atoms with van der Waals surface area (Å²) in [4.78, 5) is 3.49. The Balaban J connectivity index is 2.18. The number of ether oxygens (including phenoxy) is 1. The number of rotatable bonds is 4. The molecule has 0 saturated heterocycles. The number of hydrogen-bond acceptors (Lipinski definition) is 2. The first-order valence-corrected chi connectivity index (χ1v) is 6.13. The van der Waals surface area contributed by atoms with E-state index in [1.54, 1.807) is 6.07 Å². The van der Waals surface area contributed by atoms with E-state index in [-0.39, 0.29) is 5.88 Å². The molecule has 2 nitrogen and oxygen atoms in total. The van der Waals surface area contributed by atoms with Crippen molar-refractivity contribution >= 4 is 0 Å². The molecule has 0 saturated carbocycles. The maximum atomic E-state index is 13.0. The van der Waals surface area contributed by atoms with E-state index in [9.17, 15) is 8.78 Å². The van der Waals surface area contributed by atoms with E-state index in [1.807, 2.05) is 18.2 Å². The summed E-state index contributed by atoms with van der Waals surface area (Å²) in [5, 5.41) is 0. The van der Waals surface area contributed by atoms with Crippen molar-refractivity contribution < 1.29 is 13.5 Å². The summed E-state index contributed by atoms with van der Waals surface area (Å²) in [6.45, 7) is 4.24. The quantitative estimate of drug-likeness (QED) is 0.765. The van der Waals surface area contributed by atoms with Crippen LogP contribution >= 0.6 is 0 Å². The molecule has 1 aromatic heterocycles. The molecule has 2 aromatic rings. The van der Waals surface area contributed by atoms with E-state index in [2.05, 4.69) is 18.8 Å². The van der Waals surface area contributed by atoms with Crippen LogP contribution in [0.1, 0.15) is 19.4 Å². The molecule has 1 heterocycles. The Bertz CT molecular complexity index is 550. The number of nitrogens with zero attached hydrogens (tertiary/aromatic N) is 1. The number of aromatic nitrogens is 1. The molecule has 100 valence electrons. The lowest BCUT2D eigenvalue weighted by molar-refractivity contribution is 0.435. The first-order valence-electron chi connectivity index (χ1n) is 6.13. The van der Waals surface area contributed by atoms with Gasteiger partial charge in [-0.3, -0.25) is 0 Å². The van der Waals surface area contributed by atoms with Crippen molar-refractivity contribution in [2.45, 2.75) is 20.3 Å². The third-order valence-corrected chi connectivity index (χ3v) is 2.50. The average molecular weight is 263 g/mol. The molecule has 0 bridgehead atoms. The van der Waals surface area contributed by atoms with Crippen molar-refractivity contribution in [2.75, 3.05) is 0 Å². The van der Waals surface area contributed by atoms with Gasteiger partial charge in [-0.1, -0.05) is 26.0 Å². The van der Waals surface area contributed by atoms with E-state index in [1.165, 1.54) is 0 Å². The topological polar surface area (TPSA) is 22.1 Å². The van der Waals surface area contributed by atoms with Crippen molar-refractivity contribution in [3.63, 3.8) is 0 Å². The van der Waals surface area contributed by atoms with Crippen molar-refractivity contribution in [3.8, 4) is 11.6 Å². The lowest BCUT2D eigenvalue weighted by Crippen LogP contribution is -1.96. The van der Waals surface area contributed by atoms with Crippen LogP contribution in [0.5, 0.6) is 11.6 Å². The van der Waals surface area contributed by atoms with Gasteiger partial charge in [0.2, 0.25) is 11.8 Å². The molecular weight excluding hydrogens is 248 g/mol. The Morgan fingerprint density at radius 3 is 2.63 bits per heavy atom. The van der Waals surface area contributed by atoms with Gasteiger partial charge in [-0.15, -0.1) is 0 Å². The molecule has 0 unspecified atom stereocenters. The molecule has 0 amide bonds. The fourth-order valence-electron chi connectivity index (χ4n) is 1.82. The molecule has 0 radical (unpaired) electrons. The molecule has 0 aliphatic carbocycles. The smallest absolute Gasteiger partial charge is 0.224 e. The molecule has 19 heavy (non-hydrogen) atoms. The zero-order valence-corrected chi connectivity index (χ0v) is 10.9. The van der Waals surface area contributed by atoms with Crippen LogP contribution in [0, 0.1) is 17.7 Å². The van der Waals surface area contributed by atoms with Crippen LogP contribution in [-0.2, 0) is 6.42 Å². The molecule has 0 fully saturated rings. The molecule has 0 aliphatic heterocycles. The van der Waals surface area contributed by atoms with Gasteiger partial charge in [-0.05, 0) is 30.0 Å². The molecule has 2 rings (SSSR count). The highest BCUT2D eigenvalue weighted by Crippen LogP contribution is 2.22. The third kappa shape index (κ3) is 4.02. The predicted molar refractivity (Wildman–Crippen MR) is 69.2 cm³/mol. The summed E-state index contributed by atoms with van der Waals surface area (Å²) in [7, 11) is 0. The summed E-state index contributed by atoms with van der Waals surface area (Å²) >= 11 is 0.